The second-order valence-electron chi connectivity index (χ2n) is 6.99. The van der Waals surface area contributed by atoms with Crippen molar-refractivity contribution in [1.29, 1.82) is 0 Å². The van der Waals surface area contributed by atoms with E-state index in [1.165, 1.54) is 78.5 Å². The van der Waals surface area contributed by atoms with Crippen LogP contribution in [0.1, 0.15) is 78.2 Å². The van der Waals surface area contributed by atoms with Crippen molar-refractivity contribution in [3.8, 4) is 0 Å². The zero-order chi connectivity index (χ0) is 16.7. The summed E-state index contributed by atoms with van der Waals surface area (Å²) in [5.41, 5.74) is 5.87. The molecule has 1 saturated carbocycles. The van der Waals surface area contributed by atoms with Gasteiger partial charge in [0.1, 0.15) is 0 Å². The van der Waals surface area contributed by atoms with Crippen molar-refractivity contribution in [2.75, 3.05) is 0 Å². The molecule has 2 aliphatic rings. The van der Waals surface area contributed by atoms with Gasteiger partial charge < -0.3 is 0 Å². The molecule has 0 N–H and O–H groups in total. The van der Waals surface area contributed by atoms with E-state index >= 15 is 0 Å². The Balaban J connectivity index is 1.79. The SMILES string of the molecule is Cc1sc(Cl)cc1C1=C(c2cc(Cl)sc2C2CCCCC2)CCC1. The van der Waals surface area contributed by atoms with Gasteiger partial charge in [-0.2, -0.15) is 0 Å². The summed E-state index contributed by atoms with van der Waals surface area (Å²) in [6.07, 6.45) is 10.4. The van der Waals surface area contributed by atoms with Crippen LogP contribution < -0.4 is 0 Å². The molecule has 24 heavy (non-hydrogen) atoms. The first kappa shape index (κ1) is 17.1. The molecule has 1 fully saturated rings. The predicted molar refractivity (Wildman–Crippen MR) is 110 cm³/mol. The van der Waals surface area contributed by atoms with E-state index < -0.39 is 0 Å². The van der Waals surface area contributed by atoms with Gasteiger partial charge in [0.25, 0.3) is 0 Å². The van der Waals surface area contributed by atoms with Crippen molar-refractivity contribution in [2.45, 2.75) is 64.2 Å². The largest absolute Gasteiger partial charge is 0.128 e. The molecular weight excluding hydrogens is 375 g/mol. The van der Waals surface area contributed by atoms with Crippen LogP contribution in [0.3, 0.4) is 0 Å². The second-order valence-corrected chi connectivity index (χ2v) is 10.6. The summed E-state index contributed by atoms with van der Waals surface area (Å²) in [6.45, 7) is 2.19. The molecule has 2 aromatic heterocycles. The summed E-state index contributed by atoms with van der Waals surface area (Å²) in [6, 6.07) is 4.40. The zero-order valence-corrected chi connectivity index (χ0v) is 17.1. The molecule has 0 atom stereocenters. The maximum absolute atomic E-state index is 6.47. The minimum Gasteiger partial charge on any atom is -0.128 e. The Morgan fingerprint density at radius 1 is 0.833 bits per heavy atom. The van der Waals surface area contributed by atoms with Crippen LogP contribution in [0.5, 0.6) is 0 Å². The maximum Gasteiger partial charge on any atom is 0.0937 e. The van der Waals surface area contributed by atoms with Gasteiger partial charge >= 0.3 is 0 Å². The van der Waals surface area contributed by atoms with Crippen LogP contribution in [-0.4, -0.2) is 0 Å². The smallest absolute Gasteiger partial charge is 0.0937 e. The Kier molecular flexibility index (Phi) is 5.11. The molecule has 0 aliphatic heterocycles. The van der Waals surface area contributed by atoms with Crippen LogP contribution in [0.2, 0.25) is 8.67 Å². The minimum absolute atomic E-state index is 0.716. The van der Waals surface area contributed by atoms with E-state index in [1.54, 1.807) is 16.2 Å². The third-order valence-corrected chi connectivity index (χ3v) is 8.07. The summed E-state index contributed by atoms with van der Waals surface area (Å²) in [4.78, 5) is 2.89. The van der Waals surface area contributed by atoms with Gasteiger partial charge in [-0.1, -0.05) is 42.5 Å². The highest BCUT2D eigenvalue weighted by molar-refractivity contribution is 7.16. The van der Waals surface area contributed by atoms with Crippen LogP contribution in [-0.2, 0) is 0 Å². The average Bonchev–Trinajstić information content (AvgIpc) is 3.26. The first-order valence-corrected chi connectivity index (χ1v) is 11.3. The van der Waals surface area contributed by atoms with Gasteiger partial charge in [-0.25, -0.2) is 0 Å². The molecule has 0 radical (unpaired) electrons. The number of rotatable bonds is 3. The molecule has 0 unspecified atom stereocenters. The number of hydrogen-bond acceptors (Lipinski definition) is 2. The molecule has 0 bridgehead atoms. The normalized spacial score (nSPS) is 19.5. The van der Waals surface area contributed by atoms with Crippen LogP contribution in [0.15, 0.2) is 12.1 Å². The highest BCUT2D eigenvalue weighted by Crippen LogP contribution is 2.49. The fourth-order valence-electron chi connectivity index (χ4n) is 4.36. The van der Waals surface area contributed by atoms with Gasteiger partial charge in [-0.3, -0.25) is 0 Å². The third-order valence-electron chi connectivity index (χ3n) is 5.46. The standard InChI is InChI=1S/C20H22Cl2S2/c1-12-16(10-18(21)23-12)14-8-5-9-15(14)17-11-19(22)24-20(17)13-6-3-2-4-7-13/h10-11,13H,2-9H2,1H3. The number of thiophene rings is 2. The number of halogens is 2. The van der Waals surface area contributed by atoms with Crippen molar-refractivity contribution in [3.05, 3.63) is 41.7 Å². The van der Waals surface area contributed by atoms with E-state index in [0.717, 1.165) is 8.67 Å². The summed E-state index contributed by atoms with van der Waals surface area (Å²) < 4.78 is 1.85. The lowest BCUT2D eigenvalue weighted by Crippen LogP contribution is -2.04. The monoisotopic (exact) mass is 396 g/mol. The molecule has 2 aromatic rings. The number of hydrogen-bond donors (Lipinski definition) is 0. The maximum atomic E-state index is 6.47. The van der Waals surface area contributed by atoms with Gasteiger partial charge in [0.2, 0.25) is 0 Å². The average molecular weight is 397 g/mol. The van der Waals surface area contributed by atoms with E-state index in [0.29, 0.717) is 5.92 Å². The van der Waals surface area contributed by atoms with Gasteiger partial charge in [0, 0.05) is 9.75 Å². The van der Waals surface area contributed by atoms with Crippen LogP contribution in [0.4, 0.5) is 0 Å². The van der Waals surface area contributed by atoms with Gasteiger partial charge in [0.05, 0.1) is 8.67 Å². The van der Waals surface area contributed by atoms with E-state index in [1.807, 2.05) is 11.3 Å². The fraction of sp³-hybridized carbons (Fsp3) is 0.500. The summed E-state index contributed by atoms with van der Waals surface area (Å²) in [7, 11) is 0. The first-order chi connectivity index (χ1) is 11.6. The second kappa shape index (κ2) is 7.15. The summed E-state index contributed by atoms with van der Waals surface area (Å²) in [5.74, 6) is 0.716. The van der Waals surface area contributed by atoms with Crippen molar-refractivity contribution in [3.63, 3.8) is 0 Å². The lowest BCUT2D eigenvalue weighted by molar-refractivity contribution is 0.448. The van der Waals surface area contributed by atoms with Crippen molar-refractivity contribution in [1.82, 2.24) is 0 Å². The Morgan fingerprint density at radius 3 is 2.12 bits per heavy atom. The molecule has 0 amide bonds. The van der Waals surface area contributed by atoms with Crippen molar-refractivity contribution < 1.29 is 0 Å². The molecule has 0 spiro atoms. The lowest BCUT2D eigenvalue weighted by atomic mass is 9.85. The molecule has 128 valence electrons. The Labute approximate surface area is 162 Å². The topological polar surface area (TPSA) is 0 Å². The molecular formula is C20H22Cl2S2. The van der Waals surface area contributed by atoms with E-state index in [2.05, 4.69) is 19.1 Å². The minimum atomic E-state index is 0.716. The zero-order valence-electron chi connectivity index (χ0n) is 14.0. The van der Waals surface area contributed by atoms with E-state index in [9.17, 15) is 0 Å². The van der Waals surface area contributed by atoms with Gasteiger partial charge in [0.15, 0.2) is 0 Å². The van der Waals surface area contributed by atoms with Crippen molar-refractivity contribution >= 4 is 57.0 Å². The van der Waals surface area contributed by atoms with Crippen molar-refractivity contribution in [2.24, 2.45) is 0 Å². The van der Waals surface area contributed by atoms with Crippen LogP contribution in [0, 0.1) is 6.92 Å². The Bertz CT molecular complexity index is 776. The Hall–Kier alpha value is -0.280. The Morgan fingerprint density at radius 2 is 1.46 bits per heavy atom. The summed E-state index contributed by atoms with van der Waals surface area (Å²) in [5, 5.41) is 0. The van der Waals surface area contributed by atoms with Crippen LogP contribution in [0.25, 0.3) is 11.1 Å². The van der Waals surface area contributed by atoms with Gasteiger partial charge in [-0.15, -0.1) is 22.7 Å². The van der Waals surface area contributed by atoms with E-state index in [-0.39, 0.29) is 0 Å². The molecule has 2 heterocycles. The lowest BCUT2D eigenvalue weighted by Gasteiger charge is -2.22. The van der Waals surface area contributed by atoms with Gasteiger partial charge in [-0.05, 0) is 79.4 Å². The molecule has 0 saturated heterocycles. The molecule has 2 aliphatic carbocycles. The van der Waals surface area contributed by atoms with Crippen LogP contribution >= 0.6 is 45.9 Å². The highest BCUT2D eigenvalue weighted by atomic mass is 35.5. The molecule has 4 heteroatoms. The third kappa shape index (κ3) is 3.23. The first-order valence-electron chi connectivity index (χ1n) is 8.91. The van der Waals surface area contributed by atoms with E-state index in [4.69, 9.17) is 23.2 Å². The fourth-order valence-corrected chi connectivity index (χ4v) is 7.02. The highest BCUT2D eigenvalue weighted by Gasteiger charge is 2.27. The molecule has 4 rings (SSSR count). The number of aryl methyl sites for hydroxylation is 1. The number of allylic oxidation sites excluding steroid dienone is 2. The molecule has 0 aromatic carbocycles. The predicted octanol–water partition coefficient (Wildman–Crippen LogP) is 8.57. The summed E-state index contributed by atoms with van der Waals surface area (Å²) >= 11 is 16.3. The molecule has 0 nitrogen and oxygen atoms in total. The quantitative estimate of drug-likeness (QED) is 0.486.